The quantitative estimate of drug-likeness (QED) is 0.649. The lowest BCUT2D eigenvalue weighted by Gasteiger charge is -2.20. The van der Waals surface area contributed by atoms with Gasteiger partial charge >= 0.3 is 0 Å². The van der Waals surface area contributed by atoms with E-state index >= 15 is 0 Å². The zero-order chi connectivity index (χ0) is 21.2. The second kappa shape index (κ2) is 8.37. The smallest absolute Gasteiger partial charge is 0.254 e. The lowest BCUT2D eigenvalue weighted by Crippen LogP contribution is -2.35. The Morgan fingerprint density at radius 3 is 3.00 bits per heavy atom. The molecule has 0 saturated carbocycles. The number of benzene rings is 1. The van der Waals surface area contributed by atoms with Crippen LogP contribution < -0.4 is 16.2 Å². The van der Waals surface area contributed by atoms with Crippen LogP contribution in [-0.2, 0) is 24.2 Å². The molecular formula is C22H22N6O3. The highest BCUT2D eigenvalue weighted by Gasteiger charge is 2.25. The molecule has 3 aromatic rings. The summed E-state index contributed by atoms with van der Waals surface area (Å²) in [7, 11) is 0. The second-order valence-corrected chi connectivity index (χ2v) is 7.60. The third kappa shape index (κ3) is 3.97. The van der Waals surface area contributed by atoms with E-state index in [0.717, 1.165) is 19.5 Å². The van der Waals surface area contributed by atoms with Crippen molar-refractivity contribution in [2.45, 2.75) is 25.6 Å². The average Bonchev–Trinajstić information content (AvgIpc) is 3.02. The Balaban J connectivity index is 1.47. The fourth-order valence-corrected chi connectivity index (χ4v) is 3.99. The van der Waals surface area contributed by atoms with Gasteiger partial charge in [-0.3, -0.25) is 14.2 Å². The molecule has 0 radical (unpaired) electrons. The Morgan fingerprint density at radius 1 is 1.19 bits per heavy atom. The van der Waals surface area contributed by atoms with Crippen LogP contribution in [0.15, 0.2) is 47.7 Å². The molecule has 0 aliphatic carbocycles. The van der Waals surface area contributed by atoms with E-state index in [0.29, 0.717) is 35.9 Å². The van der Waals surface area contributed by atoms with Crippen molar-refractivity contribution >= 4 is 5.91 Å². The summed E-state index contributed by atoms with van der Waals surface area (Å²) in [6.45, 7) is 2.71. The highest BCUT2D eigenvalue weighted by Crippen LogP contribution is 2.20. The first-order chi connectivity index (χ1) is 15.2. The van der Waals surface area contributed by atoms with Gasteiger partial charge in [-0.1, -0.05) is 6.07 Å². The number of ether oxygens (including phenoxy) is 1. The summed E-state index contributed by atoms with van der Waals surface area (Å²) in [6.07, 6.45) is 3.90. The van der Waals surface area contributed by atoms with Gasteiger partial charge in [-0.25, -0.2) is 15.0 Å². The number of carbonyl (C=O) groups excluding carboxylic acids is 1. The average molecular weight is 418 g/mol. The van der Waals surface area contributed by atoms with Crippen LogP contribution in [0.5, 0.6) is 0 Å². The highest BCUT2D eigenvalue weighted by atomic mass is 16.5. The fourth-order valence-electron chi connectivity index (χ4n) is 3.99. The van der Waals surface area contributed by atoms with Crippen LogP contribution in [0.3, 0.4) is 0 Å². The molecule has 9 heteroatoms. The van der Waals surface area contributed by atoms with Gasteiger partial charge in [0, 0.05) is 24.4 Å². The summed E-state index contributed by atoms with van der Waals surface area (Å²) in [6, 6.07) is 8.36. The van der Waals surface area contributed by atoms with Gasteiger partial charge in [-0.2, -0.15) is 0 Å². The van der Waals surface area contributed by atoms with E-state index in [4.69, 9.17) is 4.74 Å². The van der Waals surface area contributed by atoms with Gasteiger partial charge in [-0.15, -0.1) is 0 Å². The van der Waals surface area contributed by atoms with Crippen molar-refractivity contribution in [3.05, 3.63) is 75.7 Å². The van der Waals surface area contributed by atoms with Crippen molar-refractivity contribution in [2.75, 3.05) is 19.8 Å². The van der Waals surface area contributed by atoms with E-state index < -0.39 is 6.04 Å². The third-order valence-electron chi connectivity index (χ3n) is 5.60. The van der Waals surface area contributed by atoms with Crippen LogP contribution >= 0.6 is 0 Å². The van der Waals surface area contributed by atoms with Crippen molar-refractivity contribution in [1.82, 2.24) is 30.2 Å². The predicted molar refractivity (Wildman–Crippen MR) is 112 cm³/mol. The Morgan fingerprint density at radius 2 is 2.13 bits per heavy atom. The molecule has 31 heavy (non-hydrogen) atoms. The van der Waals surface area contributed by atoms with Crippen LogP contribution in [0.1, 0.15) is 33.4 Å². The first-order valence-electron chi connectivity index (χ1n) is 10.3. The maximum atomic E-state index is 13.0. The van der Waals surface area contributed by atoms with Crippen molar-refractivity contribution in [2.24, 2.45) is 0 Å². The minimum Gasteiger partial charge on any atom is -0.377 e. The highest BCUT2D eigenvalue weighted by molar-refractivity contribution is 5.94. The van der Waals surface area contributed by atoms with E-state index in [2.05, 4.69) is 25.6 Å². The molecule has 158 valence electrons. The first kappa shape index (κ1) is 19.5. The molecule has 2 aliphatic heterocycles. The molecule has 4 heterocycles. The van der Waals surface area contributed by atoms with Gasteiger partial charge in [0.05, 0.1) is 31.1 Å². The molecule has 9 nitrogen and oxygen atoms in total. The zero-order valence-corrected chi connectivity index (χ0v) is 16.9. The molecule has 0 fully saturated rings. The minimum atomic E-state index is -0.554. The third-order valence-corrected chi connectivity index (χ3v) is 5.60. The van der Waals surface area contributed by atoms with Gasteiger partial charge < -0.3 is 15.4 Å². The predicted octanol–water partition coefficient (Wildman–Crippen LogP) is 0.847. The number of hydrogen-bond donors (Lipinski definition) is 2. The molecule has 1 unspecified atom stereocenters. The van der Waals surface area contributed by atoms with Gasteiger partial charge in [0.2, 0.25) is 0 Å². The number of aromatic nitrogens is 4. The fraction of sp³-hybridized carbons (Fsp3) is 0.318. The largest absolute Gasteiger partial charge is 0.377 e. The van der Waals surface area contributed by atoms with Crippen molar-refractivity contribution in [3.8, 4) is 11.4 Å². The van der Waals surface area contributed by atoms with E-state index in [9.17, 15) is 9.59 Å². The normalized spacial score (nSPS) is 17.9. The molecular weight excluding hydrogens is 396 g/mol. The monoisotopic (exact) mass is 418 g/mol. The summed E-state index contributed by atoms with van der Waals surface area (Å²) in [5.41, 5.74) is 3.78. The molecule has 1 atom stereocenters. The van der Waals surface area contributed by atoms with Crippen LogP contribution in [0, 0.1) is 0 Å². The second-order valence-electron chi connectivity index (χ2n) is 7.60. The molecule has 2 aliphatic rings. The van der Waals surface area contributed by atoms with E-state index in [1.165, 1.54) is 23.5 Å². The van der Waals surface area contributed by atoms with Crippen molar-refractivity contribution < 1.29 is 9.53 Å². The number of amides is 1. The summed E-state index contributed by atoms with van der Waals surface area (Å²) < 4.78 is 7.23. The summed E-state index contributed by atoms with van der Waals surface area (Å²) in [4.78, 5) is 38.6. The van der Waals surface area contributed by atoms with Crippen LogP contribution in [0.2, 0.25) is 0 Å². The number of fused-ring (bicyclic) bond motifs is 2. The lowest BCUT2D eigenvalue weighted by atomic mass is 9.98. The Bertz CT molecular complexity index is 1180. The van der Waals surface area contributed by atoms with Crippen LogP contribution in [0.4, 0.5) is 0 Å². The number of rotatable bonds is 3. The lowest BCUT2D eigenvalue weighted by molar-refractivity contribution is 0.0855. The molecule has 2 aromatic heterocycles. The number of hydrogen-bond acceptors (Lipinski definition) is 7. The molecule has 1 aromatic carbocycles. The first-order valence-corrected chi connectivity index (χ1v) is 10.3. The molecule has 2 N–H and O–H groups in total. The summed E-state index contributed by atoms with van der Waals surface area (Å²) in [5, 5.41) is 6.34. The van der Waals surface area contributed by atoms with Crippen molar-refractivity contribution in [3.63, 3.8) is 0 Å². The topological polar surface area (TPSA) is 111 Å². The number of nitrogens with zero attached hydrogens (tertiary/aromatic N) is 4. The van der Waals surface area contributed by atoms with E-state index in [-0.39, 0.29) is 18.1 Å². The minimum absolute atomic E-state index is 0.204. The zero-order valence-electron chi connectivity index (χ0n) is 16.9. The number of nitrogens with one attached hydrogen (secondary N) is 2. The van der Waals surface area contributed by atoms with E-state index in [1.54, 1.807) is 16.8 Å². The van der Waals surface area contributed by atoms with E-state index in [1.807, 2.05) is 18.2 Å². The Labute approximate surface area is 178 Å². The molecule has 0 bridgehead atoms. The molecule has 0 saturated heterocycles. The Hall–Kier alpha value is -3.43. The maximum Gasteiger partial charge on any atom is 0.254 e. The standard InChI is InChI=1S/C22H22N6O3/c29-20-10-18(17-4-6-24-13-25-17)26-21-19(12-31-8-7-28(20)21)27-22(30)15-1-2-16-11-23-5-3-14(16)9-15/h1-2,4,6,9-10,13,19,23H,3,5,7-8,11-12H2,(H,27,30). The molecule has 1 amide bonds. The Kier molecular flexibility index (Phi) is 5.27. The van der Waals surface area contributed by atoms with Crippen molar-refractivity contribution in [1.29, 1.82) is 0 Å². The maximum absolute atomic E-state index is 13.0. The molecule has 0 spiro atoms. The van der Waals surface area contributed by atoms with Crippen LogP contribution in [0.25, 0.3) is 11.4 Å². The number of carbonyl (C=O) groups is 1. The molecule has 5 rings (SSSR count). The summed E-state index contributed by atoms with van der Waals surface area (Å²) >= 11 is 0. The summed E-state index contributed by atoms with van der Waals surface area (Å²) in [5.74, 6) is 0.249. The SMILES string of the molecule is O=C(NC1COCCn2c1nc(-c1ccncn1)cc2=O)c1ccc2c(c1)CCNC2. The van der Waals surface area contributed by atoms with Gasteiger partial charge in [0.25, 0.3) is 11.5 Å². The van der Waals surface area contributed by atoms with Gasteiger partial charge in [0.15, 0.2) is 0 Å². The van der Waals surface area contributed by atoms with Gasteiger partial charge in [0.1, 0.15) is 18.2 Å². The van der Waals surface area contributed by atoms with Crippen LogP contribution in [-0.4, -0.2) is 45.2 Å². The van der Waals surface area contributed by atoms with Gasteiger partial charge in [-0.05, 0) is 42.3 Å².